The number of carbonyl (C=O) groups excluding carboxylic acids is 1. The first-order valence-corrected chi connectivity index (χ1v) is 9.98. The van der Waals surface area contributed by atoms with Gasteiger partial charge in [0.15, 0.2) is 0 Å². The van der Waals surface area contributed by atoms with E-state index in [9.17, 15) is 4.79 Å². The van der Waals surface area contributed by atoms with E-state index < -0.39 is 0 Å². The van der Waals surface area contributed by atoms with E-state index in [1.165, 1.54) is 83.5 Å². The van der Waals surface area contributed by atoms with Crippen molar-refractivity contribution >= 4 is 16.8 Å². The lowest BCUT2D eigenvalue weighted by molar-refractivity contribution is -0.111. The van der Waals surface area contributed by atoms with Crippen molar-refractivity contribution in [3.63, 3.8) is 0 Å². The van der Waals surface area contributed by atoms with E-state index in [1.807, 2.05) is 0 Å². The smallest absolute Gasteiger partial charge is 0.221 e. The zero-order valence-electron chi connectivity index (χ0n) is 14.8. The average Bonchev–Trinajstić information content (AvgIpc) is 2.50. The van der Waals surface area contributed by atoms with E-state index in [1.54, 1.807) is 0 Å². The number of hydrogen-bond donors (Lipinski definition) is 0. The molecule has 0 saturated carbocycles. The molecule has 0 atom stereocenters. The molecular formula is C20H37ClO. The molecule has 0 spiro atoms. The quantitative estimate of drug-likeness (QED) is 0.153. The highest BCUT2D eigenvalue weighted by Gasteiger charge is 1.95. The summed E-state index contributed by atoms with van der Waals surface area (Å²) in [6, 6.07) is 0. The molecule has 0 heterocycles. The molecule has 0 radical (unpaired) electrons. The third kappa shape index (κ3) is 19.7. The van der Waals surface area contributed by atoms with Gasteiger partial charge in [-0.2, -0.15) is 0 Å². The van der Waals surface area contributed by atoms with E-state index in [2.05, 4.69) is 19.1 Å². The minimum atomic E-state index is -0.194. The monoisotopic (exact) mass is 328 g/mol. The first-order chi connectivity index (χ1) is 10.8. The Morgan fingerprint density at radius 2 is 1.09 bits per heavy atom. The number of rotatable bonds is 17. The molecule has 0 aliphatic carbocycles. The lowest BCUT2D eigenvalue weighted by Crippen LogP contribution is -1.85. The van der Waals surface area contributed by atoms with Crippen LogP contribution in [0, 0.1) is 0 Å². The van der Waals surface area contributed by atoms with Gasteiger partial charge in [-0.25, -0.2) is 0 Å². The molecule has 1 nitrogen and oxygen atoms in total. The Balaban J connectivity index is 3.07. The van der Waals surface area contributed by atoms with E-state index in [0.29, 0.717) is 6.42 Å². The number of halogens is 1. The highest BCUT2D eigenvalue weighted by Crippen LogP contribution is 2.11. The summed E-state index contributed by atoms with van der Waals surface area (Å²) in [5.74, 6) is 0. The van der Waals surface area contributed by atoms with Crippen LogP contribution >= 0.6 is 11.6 Å². The predicted octanol–water partition coefficient (Wildman–Crippen LogP) is 7.57. The van der Waals surface area contributed by atoms with Crippen LogP contribution in [-0.4, -0.2) is 5.24 Å². The normalized spacial score (nSPS) is 11.4. The molecule has 0 aliphatic rings. The highest BCUT2D eigenvalue weighted by atomic mass is 35.5. The van der Waals surface area contributed by atoms with Crippen LogP contribution in [-0.2, 0) is 4.79 Å². The lowest BCUT2D eigenvalue weighted by Gasteiger charge is -2.00. The Kier molecular flexibility index (Phi) is 18.5. The Hall–Kier alpha value is -0.300. The molecule has 0 amide bonds. The van der Waals surface area contributed by atoms with Crippen LogP contribution in [0.2, 0.25) is 0 Å². The molecule has 0 aliphatic heterocycles. The second-order valence-electron chi connectivity index (χ2n) is 6.40. The summed E-state index contributed by atoms with van der Waals surface area (Å²) in [6.07, 6.45) is 24.8. The van der Waals surface area contributed by atoms with Crippen molar-refractivity contribution in [3.8, 4) is 0 Å². The Labute approximate surface area is 143 Å². The summed E-state index contributed by atoms with van der Waals surface area (Å²) in [7, 11) is 0. The van der Waals surface area contributed by atoms with E-state index in [0.717, 1.165) is 12.8 Å². The van der Waals surface area contributed by atoms with Gasteiger partial charge in [-0.05, 0) is 43.7 Å². The van der Waals surface area contributed by atoms with Gasteiger partial charge in [-0.1, -0.05) is 83.3 Å². The van der Waals surface area contributed by atoms with E-state index in [4.69, 9.17) is 11.6 Å². The van der Waals surface area contributed by atoms with Gasteiger partial charge >= 0.3 is 0 Å². The van der Waals surface area contributed by atoms with Gasteiger partial charge in [0.2, 0.25) is 5.24 Å². The Morgan fingerprint density at radius 3 is 1.55 bits per heavy atom. The number of hydrogen-bond acceptors (Lipinski definition) is 1. The SMILES string of the molecule is CCCCCCCCCCC/C=C/CCCCCCC(=O)Cl. The van der Waals surface area contributed by atoms with Gasteiger partial charge in [0, 0.05) is 6.42 Å². The van der Waals surface area contributed by atoms with Gasteiger partial charge in [0.05, 0.1) is 0 Å². The first-order valence-electron chi connectivity index (χ1n) is 9.60. The van der Waals surface area contributed by atoms with Crippen LogP contribution in [0.25, 0.3) is 0 Å². The second kappa shape index (κ2) is 18.7. The third-order valence-electron chi connectivity index (χ3n) is 4.14. The van der Waals surface area contributed by atoms with Crippen molar-refractivity contribution in [3.05, 3.63) is 12.2 Å². The summed E-state index contributed by atoms with van der Waals surface area (Å²) in [4.78, 5) is 10.6. The second-order valence-corrected chi connectivity index (χ2v) is 6.82. The van der Waals surface area contributed by atoms with Crippen LogP contribution in [0.5, 0.6) is 0 Å². The molecule has 0 aromatic carbocycles. The molecule has 0 rings (SSSR count). The van der Waals surface area contributed by atoms with Crippen LogP contribution in [0.4, 0.5) is 0 Å². The zero-order chi connectivity index (χ0) is 16.3. The van der Waals surface area contributed by atoms with Gasteiger partial charge in [0.1, 0.15) is 0 Å². The maximum atomic E-state index is 10.6. The Bertz CT molecular complexity index is 260. The van der Waals surface area contributed by atoms with Crippen molar-refractivity contribution in [1.82, 2.24) is 0 Å². The first kappa shape index (κ1) is 21.7. The van der Waals surface area contributed by atoms with E-state index in [-0.39, 0.29) is 5.24 Å². The standard InChI is InChI=1S/C20H37ClO/c1-2-3-4-5-6-7-8-9-10-11-12-13-14-15-16-17-18-19-20(21)22/h12-13H,2-11,14-19H2,1H3/b13-12+. The van der Waals surface area contributed by atoms with Crippen LogP contribution in [0.15, 0.2) is 12.2 Å². The van der Waals surface area contributed by atoms with Gasteiger partial charge in [-0.15, -0.1) is 0 Å². The zero-order valence-corrected chi connectivity index (χ0v) is 15.5. The van der Waals surface area contributed by atoms with E-state index >= 15 is 0 Å². The van der Waals surface area contributed by atoms with Gasteiger partial charge in [0.25, 0.3) is 0 Å². The molecule has 22 heavy (non-hydrogen) atoms. The molecule has 0 aromatic heterocycles. The van der Waals surface area contributed by atoms with Crippen LogP contribution in [0.3, 0.4) is 0 Å². The fourth-order valence-electron chi connectivity index (χ4n) is 2.69. The van der Waals surface area contributed by atoms with Gasteiger partial charge < -0.3 is 0 Å². The molecule has 0 saturated heterocycles. The summed E-state index contributed by atoms with van der Waals surface area (Å²) >= 11 is 5.30. The molecule has 130 valence electrons. The minimum absolute atomic E-state index is 0.194. The molecule has 0 fully saturated rings. The predicted molar refractivity (Wildman–Crippen MR) is 99.5 cm³/mol. The summed E-state index contributed by atoms with van der Waals surface area (Å²) in [5.41, 5.74) is 0. The summed E-state index contributed by atoms with van der Waals surface area (Å²) < 4.78 is 0. The number of carbonyl (C=O) groups is 1. The fraction of sp³-hybridized carbons (Fsp3) is 0.850. The molecule has 2 heteroatoms. The van der Waals surface area contributed by atoms with Crippen molar-refractivity contribution in [2.75, 3.05) is 0 Å². The molecule has 0 aromatic rings. The average molecular weight is 329 g/mol. The maximum absolute atomic E-state index is 10.6. The highest BCUT2D eigenvalue weighted by molar-refractivity contribution is 6.63. The summed E-state index contributed by atoms with van der Waals surface area (Å²) in [5, 5.41) is -0.194. The molecular weight excluding hydrogens is 292 g/mol. The van der Waals surface area contributed by atoms with Crippen molar-refractivity contribution in [1.29, 1.82) is 0 Å². The largest absolute Gasteiger partial charge is 0.281 e. The number of unbranched alkanes of at least 4 members (excludes halogenated alkanes) is 13. The van der Waals surface area contributed by atoms with Gasteiger partial charge in [-0.3, -0.25) is 4.79 Å². The molecule has 0 N–H and O–H groups in total. The fourth-order valence-corrected chi connectivity index (χ4v) is 2.82. The molecule has 0 unspecified atom stereocenters. The third-order valence-corrected chi connectivity index (χ3v) is 4.32. The van der Waals surface area contributed by atoms with Crippen molar-refractivity contribution in [2.45, 2.75) is 110 Å². The maximum Gasteiger partial charge on any atom is 0.221 e. The summed E-state index contributed by atoms with van der Waals surface area (Å²) in [6.45, 7) is 2.28. The minimum Gasteiger partial charge on any atom is -0.281 e. The van der Waals surface area contributed by atoms with Crippen LogP contribution in [0.1, 0.15) is 110 Å². The van der Waals surface area contributed by atoms with Crippen molar-refractivity contribution < 1.29 is 4.79 Å². The topological polar surface area (TPSA) is 17.1 Å². The number of allylic oxidation sites excluding steroid dienone is 2. The molecule has 0 bridgehead atoms. The lowest BCUT2D eigenvalue weighted by atomic mass is 10.1. The van der Waals surface area contributed by atoms with Crippen LogP contribution < -0.4 is 0 Å². The van der Waals surface area contributed by atoms with Crippen molar-refractivity contribution in [2.24, 2.45) is 0 Å². The Morgan fingerprint density at radius 1 is 0.682 bits per heavy atom.